The molecule has 4 aromatic carbocycles. The normalized spacial score (nSPS) is 23.6. The van der Waals surface area contributed by atoms with E-state index in [0.717, 1.165) is 111 Å². The van der Waals surface area contributed by atoms with E-state index in [1.807, 2.05) is 104 Å². The molecule has 3 aliphatic carbocycles. The number of ether oxygens (including phenoxy) is 2. The van der Waals surface area contributed by atoms with Crippen LogP contribution in [0, 0.1) is 23.7 Å². The highest BCUT2D eigenvalue weighted by atomic mass is 16.6. The number of para-hydroxylation sites is 2. The number of carbonyl (C=O) groups is 6. The summed E-state index contributed by atoms with van der Waals surface area (Å²) in [5, 5.41) is 8.70. The van der Waals surface area contributed by atoms with Gasteiger partial charge in [0.1, 0.15) is 31.3 Å². The quantitative estimate of drug-likeness (QED) is 0.0736. The molecule has 0 bridgehead atoms. The van der Waals surface area contributed by atoms with Gasteiger partial charge in [0.05, 0.1) is 12.1 Å². The Bertz CT molecular complexity index is 3300. The van der Waals surface area contributed by atoms with Crippen molar-refractivity contribution in [2.24, 2.45) is 23.7 Å². The first-order chi connectivity index (χ1) is 41.9. The minimum atomic E-state index is -0.871. The number of likely N-dealkylation sites (tertiary alicyclic amines) is 3. The molecule has 3 saturated heterocycles. The average Bonchev–Trinajstić information content (AvgIpc) is 1.69. The van der Waals surface area contributed by atoms with Gasteiger partial charge in [0.15, 0.2) is 0 Å². The molecular formula is C70H88N8O8. The third-order valence-electron chi connectivity index (χ3n) is 20.4. The van der Waals surface area contributed by atoms with Crippen molar-refractivity contribution in [3.8, 4) is 0 Å². The van der Waals surface area contributed by atoms with Gasteiger partial charge in [0, 0.05) is 84.7 Å². The van der Waals surface area contributed by atoms with E-state index in [-0.39, 0.29) is 78.8 Å². The van der Waals surface area contributed by atoms with Crippen LogP contribution in [0.15, 0.2) is 122 Å². The van der Waals surface area contributed by atoms with E-state index in [4.69, 9.17) is 9.47 Å². The van der Waals surface area contributed by atoms with E-state index in [9.17, 15) is 28.8 Å². The number of nitrogens with one attached hydrogen (secondary N) is 4. The van der Waals surface area contributed by atoms with Crippen molar-refractivity contribution in [2.75, 3.05) is 26.7 Å². The fourth-order valence-electron chi connectivity index (χ4n) is 15.3. The van der Waals surface area contributed by atoms with Crippen LogP contribution in [0.1, 0.15) is 151 Å². The molecule has 10 atom stereocenters. The molecule has 3 saturated carbocycles. The molecule has 5 heterocycles. The van der Waals surface area contributed by atoms with E-state index in [1.165, 1.54) is 41.3 Å². The first-order valence-corrected chi connectivity index (χ1v) is 32.1. The van der Waals surface area contributed by atoms with E-state index < -0.39 is 30.2 Å². The fourth-order valence-corrected chi connectivity index (χ4v) is 15.3. The zero-order valence-electron chi connectivity index (χ0n) is 50.7. The summed E-state index contributed by atoms with van der Waals surface area (Å²) in [6.45, 7) is 7.60. The molecule has 0 unspecified atom stereocenters. The molecule has 6 fully saturated rings. The molecule has 456 valence electrons. The lowest BCUT2D eigenvalue weighted by Crippen LogP contribution is -2.58. The number of hydrogen-bond acceptors (Lipinski definition) is 8. The molecule has 6 aromatic rings. The number of benzene rings is 4. The van der Waals surface area contributed by atoms with Crippen LogP contribution in [0.5, 0.6) is 0 Å². The van der Waals surface area contributed by atoms with Crippen molar-refractivity contribution in [3.05, 3.63) is 144 Å². The largest absolute Gasteiger partial charge is 0.445 e. The second-order valence-corrected chi connectivity index (χ2v) is 25.4. The maximum absolute atomic E-state index is 14.9. The minimum Gasteiger partial charge on any atom is -0.445 e. The second-order valence-electron chi connectivity index (χ2n) is 25.4. The molecule has 3 aliphatic heterocycles. The number of fused-ring (bicyclic) bond motifs is 4. The zero-order valence-corrected chi connectivity index (χ0v) is 50.7. The van der Waals surface area contributed by atoms with Gasteiger partial charge in [0.2, 0.25) is 23.6 Å². The molecule has 0 spiro atoms. The van der Waals surface area contributed by atoms with Crippen molar-refractivity contribution in [1.29, 1.82) is 0 Å². The molecule has 16 heteroatoms. The standard InChI is InChI=1S/C42H49N5O6.C28H39N3O2/c1-28(45(2)41(50)52-26-29-14-6-3-7-15-29)39(48)44-37(31-18-10-5-11-19-31)40(49)46-23-22-36-38(46)34(33-24-43-35-21-13-12-20-32(33)35)25-47(36)42(51)53-27-30-16-8-4-9-17-30;1-3-18(2)27(32)30-25(19-9-5-4-6-10-19)28(33)31-16-15-20-13-14-22(26(20)31)23-17-29-24-12-8-7-11-21(23)24/h3-4,6-9,12-17,20-21,24,28,31,34,36-38,43H,5,10-11,18-19,22-23,25-27H2,1-2H3,(H,44,48);7-8,11-12,17-20,22,25-26,29H,3-6,9-10,13-16H2,1-2H3,(H,30,32)/t28-,34-,36+,37-,38+;18-,20-,22+,25+,26+/m01/s1. The summed E-state index contributed by atoms with van der Waals surface area (Å²) in [7, 11) is 1.54. The molecule has 12 rings (SSSR count). The van der Waals surface area contributed by atoms with Crippen LogP contribution in [0.2, 0.25) is 0 Å². The van der Waals surface area contributed by atoms with Crippen LogP contribution in [-0.4, -0.2) is 128 Å². The third kappa shape index (κ3) is 12.9. The van der Waals surface area contributed by atoms with Crippen molar-refractivity contribution in [2.45, 2.75) is 178 Å². The molecule has 2 aromatic heterocycles. The first-order valence-electron chi connectivity index (χ1n) is 32.1. The third-order valence-corrected chi connectivity index (χ3v) is 20.4. The molecule has 4 N–H and O–H groups in total. The number of hydrogen-bond donors (Lipinski definition) is 4. The summed E-state index contributed by atoms with van der Waals surface area (Å²) in [5.74, 6) is 0.625. The van der Waals surface area contributed by atoms with E-state index in [1.54, 1.807) is 11.8 Å². The SMILES string of the molecule is CC[C@@H](C)C(=O)N[C@H](C(=O)N1CC[C@H]2CC[C@@H](c3c[nH]c4ccccc34)[C@H]21)C1CCCCC1.C[C@@H](C(=O)N[C@H](C(=O)N1CC[C@@H]2[C@H]1[C@H](c1c[nH]c3ccccc13)CN2C(=O)OCc1ccccc1)C1CCCCC1)N(C)C(=O)OCc1ccccc1. The second kappa shape index (κ2) is 27.4. The summed E-state index contributed by atoms with van der Waals surface area (Å²) in [5.41, 5.74) is 6.33. The number of nitrogens with zero attached hydrogens (tertiary/aromatic N) is 4. The maximum atomic E-state index is 14.9. The highest BCUT2D eigenvalue weighted by molar-refractivity contribution is 5.93. The molecule has 16 nitrogen and oxygen atoms in total. The maximum Gasteiger partial charge on any atom is 0.410 e. The monoisotopic (exact) mass is 1170 g/mol. The van der Waals surface area contributed by atoms with Crippen LogP contribution in [-0.2, 0) is 41.9 Å². The molecule has 6 amide bonds. The van der Waals surface area contributed by atoms with Crippen molar-refractivity contribution >= 4 is 57.6 Å². The first kappa shape index (κ1) is 60.1. The summed E-state index contributed by atoms with van der Waals surface area (Å²) in [6, 6.07) is 33.3. The van der Waals surface area contributed by atoms with Gasteiger partial charge in [-0.25, -0.2) is 9.59 Å². The van der Waals surface area contributed by atoms with Gasteiger partial charge in [-0.1, -0.05) is 149 Å². The Morgan fingerprint density at radius 3 is 1.63 bits per heavy atom. The van der Waals surface area contributed by atoms with Gasteiger partial charge in [0.25, 0.3) is 0 Å². The fraction of sp³-hybridized carbons (Fsp3) is 0.514. The predicted octanol–water partition coefficient (Wildman–Crippen LogP) is 12.0. The van der Waals surface area contributed by atoms with Crippen LogP contribution >= 0.6 is 0 Å². The van der Waals surface area contributed by atoms with E-state index >= 15 is 0 Å². The Kier molecular flexibility index (Phi) is 19.1. The molecule has 86 heavy (non-hydrogen) atoms. The Labute approximate surface area is 506 Å². The van der Waals surface area contributed by atoms with Gasteiger partial charge < -0.3 is 44.8 Å². The minimum absolute atomic E-state index is 0.0387. The van der Waals surface area contributed by atoms with Crippen molar-refractivity contribution < 1.29 is 38.2 Å². The Balaban J connectivity index is 0.000000199. The highest BCUT2D eigenvalue weighted by Gasteiger charge is 2.55. The van der Waals surface area contributed by atoms with Crippen LogP contribution < -0.4 is 10.6 Å². The summed E-state index contributed by atoms with van der Waals surface area (Å²) in [4.78, 5) is 96.6. The lowest BCUT2D eigenvalue weighted by atomic mass is 9.82. The highest BCUT2D eigenvalue weighted by Crippen LogP contribution is 2.49. The number of aromatic amines is 2. The number of likely N-dealkylation sites (N-methyl/N-ethyl adjacent to an activating group) is 1. The van der Waals surface area contributed by atoms with Crippen molar-refractivity contribution in [3.63, 3.8) is 0 Å². The van der Waals surface area contributed by atoms with E-state index in [2.05, 4.69) is 62.0 Å². The number of amides is 6. The molecular weight excluding hydrogens is 1080 g/mol. The van der Waals surface area contributed by atoms with Crippen LogP contribution in [0.25, 0.3) is 21.8 Å². The Morgan fingerprint density at radius 2 is 1.06 bits per heavy atom. The molecule has 0 radical (unpaired) electrons. The lowest BCUT2D eigenvalue weighted by molar-refractivity contribution is -0.140. The smallest absolute Gasteiger partial charge is 0.410 e. The summed E-state index contributed by atoms with van der Waals surface area (Å²) >= 11 is 0. The van der Waals surface area contributed by atoms with E-state index in [0.29, 0.717) is 31.3 Å². The number of aromatic nitrogens is 2. The van der Waals surface area contributed by atoms with Gasteiger partial charge >= 0.3 is 12.2 Å². The Hall–Kier alpha value is -7.62. The van der Waals surface area contributed by atoms with Crippen molar-refractivity contribution in [1.82, 2.24) is 40.2 Å². The van der Waals surface area contributed by atoms with Crippen LogP contribution in [0.4, 0.5) is 9.59 Å². The lowest BCUT2D eigenvalue weighted by Gasteiger charge is -2.37. The predicted molar refractivity (Wildman–Crippen MR) is 332 cm³/mol. The van der Waals surface area contributed by atoms with Crippen LogP contribution in [0.3, 0.4) is 0 Å². The van der Waals surface area contributed by atoms with Gasteiger partial charge in [-0.05, 0) is 117 Å². The van der Waals surface area contributed by atoms with Gasteiger partial charge in [-0.2, -0.15) is 0 Å². The van der Waals surface area contributed by atoms with Gasteiger partial charge in [-0.15, -0.1) is 0 Å². The summed E-state index contributed by atoms with van der Waals surface area (Å²) < 4.78 is 11.3. The number of rotatable bonds is 16. The van der Waals surface area contributed by atoms with Gasteiger partial charge in [-0.3, -0.25) is 24.1 Å². The Morgan fingerprint density at radius 1 is 0.558 bits per heavy atom. The zero-order chi connectivity index (χ0) is 59.8. The number of H-pyrrole nitrogens is 2. The molecule has 6 aliphatic rings. The summed E-state index contributed by atoms with van der Waals surface area (Å²) in [6.07, 6.45) is 18.3. The average molecular weight is 1170 g/mol. The number of carbonyl (C=O) groups excluding carboxylic acids is 6. The topological polar surface area (TPSA) is 189 Å².